The van der Waals surface area contributed by atoms with Gasteiger partial charge in [-0.05, 0) is 74.2 Å². The number of hydrogen-bond donors (Lipinski definition) is 3. The summed E-state index contributed by atoms with van der Waals surface area (Å²) in [5.41, 5.74) is -0.0382. The van der Waals surface area contributed by atoms with Crippen molar-refractivity contribution in [2.45, 2.75) is 63.8 Å². The summed E-state index contributed by atoms with van der Waals surface area (Å²) in [6.07, 6.45) is 1.24. The molecule has 0 radical (unpaired) electrons. The van der Waals surface area contributed by atoms with Gasteiger partial charge < -0.3 is 34.9 Å². The van der Waals surface area contributed by atoms with E-state index in [0.717, 1.165) is 0 Å². The molecule has 2 aromatic carbocycles. The Morgan fingerprint density at radius 2 is 1.66 bits per heavy atom. The smallest absolute Gasteiger partial charge is 0.250 e. The van der Waals surface area contributed by atoms with Crippen LogP contribution in [-0.2, 0) is 19.1 Å². The van der Waals surface area contributed by atoms with Gasteiger partial charge in [-0.1, -0.05) is 20.3 Å². The topological polar surface area (TPSA) is 126 Å². The number of carbonyl (C=O) groups is 3. The van der Waals surface area contributed by atoms with E-state index < -0.39 is 41.5 Å². The zero-order valence-electron chi connectivity index (χ0n) is 24.0. The van der Waals surface area contributed by atoms with Crippen LogP contribution in [0.5, 0.6) is 11.5 Å². The highest BCUT2D eigenvalue weighted by Gasteiger charge is 2.75. The van der Waals surface area contributed by atoms with Crippen molar-refractivity contribution in [2.24, 2.45) is 17.8 Å². The first-order valence-corrected chi connectivity index (χ1v) is 14.4. The maximum atomic E-state index is 14.3. The number of hydrogen-bond acceptors (Lipinski definition) is 7. The highest BCUT2D eigenvalue weighted by Crippen LogP contribution is 2.59. The standard InChI is InChI=1S/C31H39N3O7/c1-5-18(3)23(17-35)34-27(29(37)33-20-7-11-21(39-4)12-8-20)31-16-15-24(41-31)25(26(31)30(34)38)28(36)32-19-9-13-22(14-10-19)40-6-2/h7-14,18,23-27,35H,5-6,15-17H2,1-4H3,(H,32,36)(H,33,37)/t18-,23-,24-,25+,26-,27?,31?/m0/s1. The molecule has 1 spiro atoms. The van der Waals surface area contributed by atoms with E-state index in [1.165, 1.54) is 4.90 Å². The summed E-state index contributed by atoms with van der Waals surface area (Å²) in [5, 5.41) is 16.3. The summed E-state index contributed by atoms with van der Waals surface area (Å²) in [5.74, 6) is -1.39. The lowest BCUT2D eigenvalue weighted by Gasteiger charge is -2.38. The van der Waals surface area contributed by atoms with Crippen molar-refractivity contribution in [1.82, 2.24) is 4.90 Å². The predicted molar refractivity (Wildman–Crippen MR) is 153 cm³/mol. The summed E-state index contributed by atoms with van der Waals surface area (Å²) < 4.78 is 17.2. The van der Waals surface area contributed by atoms with E-state index in [0.29, 0.717) is 48.7 Å². The molecule has 2 bridgehead atoms. The fourth-order valence-corrected chi connectivity index (χ4v) is 6.77. The Morgan fingerprint density at radius 3 is 2.22 bits per heavy atom. The molecule has 3 amide bonds. The van der Waals surface area contributed by atoms with Crippen molar-refractivity contribution in [2.75, 3.05) is 31.0 Å². The molecule has 0 aliphatic carbocycles. The van der Waals surface area contributed by atoms with Crippen molar-refractivity contribution < 1.29 is 33.7 Å². The molecule has 10 heteroatoms. The monoisotopic (exact) mass is 565 g/mol. The molecule has 0 saturated carbocycles. The fraction of sp³-hybridized carbons (Fsp3) is 0.516. The van der Waals surface area contributed by atoms with E-state index in [1.807, 2.05) is 20.8 Å². The van der Waals surface area contributed by atoms with Crippen LogP contribution in [0.15, 0.2) is 48.5 Å². The molecule has 2 aromatic rings. The molecule has 220 valence electrons. The molecule has 3 heterocycles. The summed E-state index contributed by atoms with van der Waals surface area (Å²) >= 11 is 0. The third-order valence-electron chi connectivity index (χ3n) is 8.92. The molecule has 3 aliphatic heterocycles. The summed E-state index contributed by atoms with van der Waals surface area (Å²) in [4.78, 5) is 43.5. The second-order valence-electron chi connectivity index (χ2n) is 11.1. The lowest BCUT2D eigenvalue weighted by atomic mass is 9.70. The van der Waals surface area contributed by atoms with E-state index in [1.54, 1.807) is 55.6 Å². The second kappa shape index (κ2) is 11.7. The number of nitrogens with zero attached hydrogens (tertiary/aromatic N) is 1. The third kappa shape index (κ3) is 5.04. The van der Waals surface area contributed by atoms with Gasteiger partial charge in [0.2, 0.25) is 17.7 Å². The number of amides is 3. The molecule has 7 atom stereocenters. The third-order valence-corrected chi connectivity index (χ3v) is 8.92. The minimum Gasteiger partial charge on any atom is -0.497 e. The lowest BCUT2D eigenvalue weighted by molar-refractivity contribution is -0.144. The summed E-state index contributed by atoms with van der Waals surface area (Å²) in [7, 11) is 1.56. The number of benzene rings is 2. The predicted octanol–water partition coefficient (Wildman–Crippen LogP) is 3.45. The first kappa shape index (κ1) is 28.9. The van der Waals surface area contributed by atoms with Crippen LogP contribution in [-0.4, -0.2) is 71.8 Å². The average Bonchev–Trinajstić information content (AvgIpc) is 3.62. The minimum atomic E-state index is -1.17. The summed E-state index contributed by atoms with van der Waals surface area (Å²) in [6.45, 7) is 6.06. The van der Waals surface area contributed by atoms with Crippen molar-refractivity contribution >= 4 is 29.1 Å². The number of aliphatic hydroxyl groups is 1. The van der Waals surface area contributed by atoms with Gasteiger partial charge in [0.15, 0.2) is 0 Å². The SMILES string of the molecule is CCOc1ccc(NC(=O)[C@@H]2[C@@H]3CCC4(O3)C(C(=O)Nc3ccc(OC)cc3)N([C@@H](CO)[C@@H](C)CC)C(=O)[C@H]24)cc1. The molecule has 3 saturated heterocycles. The van der Waals surface area contributed by atoms with Crippen LogP contribution in [0.1, 0.15) is 40.0 Å². The van der Waals surface area contributed by atoms with Crippen LogP contribution < -0.4 is 20.1 Å². The van der Waals surface area contributed by atoms with Crippen molar-refractivity contribution in [3.63, 3.8) is 0 Å². The zero-order chi connectivity index (χ0) is 29.3. The van der Waals surface area contributed by atoms with Gasteiger partial charge in [0.1, 0.15) is 23.1 Å². The van der Waals surface area contributed by atoms with E-state index in [9.17, 15) is 19.5 Å². The number of anilines is 2. The molecule has 0 aromatic heterocycles. The van der Waals surface area contributed by atoms with E-state index in [4.69, 9.17) is 14.2 Å². The van der Waals surface area contributed by atoms with Crippen LogP contribution in [0.4, 0.5) is 11.4 Å². The Bertz CT molecular complexity index is 1270. The average molecular weight is 566 g/mol. The number of fused-ring (bicyclic) bond motifs is 1. The molecule has 5 rings (SSSR count). The van der Waals surface area contributed by atoms with Gasteiger partial charge in [-0.2, -0.15) is 0 Å². The maximum absolute atomic E-state index is 14.3. The molecule has 2 unspecified atom stereocenters. The van der Waals surface area contributed by atoms with Gasteiger partial charge >= 0.3 is 0 Å². The molecule has 3 aliphatic rings. The first-order chi connectivity index (χ1) is 19.8. The van der Waals surface area contributed by atoms with Crippen molar-refractivity contribution in [3.8, 4) is 11.5 Å². The van der Waals surface area contributed by atoms with Gasteiger partial charge in [-0.15, -0.1) is 0 Å². The van der Waals surface area contributed by atoms with Crippen LogP contribution >= 0.6 is 0 Å². The van der Waals surface area contributed by atoms with Crippen molar-refractivity contribution in [1.29, 1.82) is 0 Å². The van der Waals surface area contributed by atoms with Crippen LogP contribution in [0.2, 0.25) is 0 Å². The first-order valence-electron chi connectivity index (χ1n) is 14.4. The Labute approximate surface area is 240 Å². The maximum Gasteiger partial charge on any atom is 0.250 e. The molecule has 3 fully saturated rings. The second-order valence-corrected chi connectivity index (χ2v) is 11.1. The molecule has 41 heavy (non-hydrogen) atoms. The van der Waals surface area contributed by atoms with Gasteiger partial charge in [-0.25, -0.2) is 0 Å². The van der Waals surface area contributed by atoms with E-state index in [-0.39, 0.29) is 24.3 Å². The Balaban J connectivity index is 1.46. The highest BCUT2D eigenvalue weighted by atomic mass is 16.5. The molecular weight excluding hydrogens is 526 g/mol. The molecule has 10 nitrogen and oxygen atoms in total. The van der Waals surface area contributed by atoms with Gasteiger partial charge in [0.05, 0.1) is 44.3 Å². The van der Waals surface area contributed by atoms with E-state index in [2.05, 4.69) is 10.6 Å². The van der Waals surface area contributed by atoms with Gasteiger partial charge in [0, 0.05) is 11.4 Å². The quantitative estimate of drug-likeness (QED) is 0.381. The Kier molecular flexibility index (Phi) is 8.24. The molecule has 3 N–H and O–H groups in total. The van der Waals surface area contributed by atoms with Crippen LogP contribution in [0.25, 0.3) is 0 Å². The van der Waals surface area contributed by atoms with Crippen molar-refractivity contribution in [3.05, 3.63) is 48.5 Å². The van der Waals surface area contributed by atoms with Gasteiger partial charge in [0.25, 0.3) is 0 Å². The zero-order valence-corrected chi connectivity index (χ0v) is 24.0. The Hall–Kier alpha value is -3.63. The minimum absolute atomic E-state index is 0.0798. The lowest BCUT2D eigenvalue weighted by Crippen LogP contribution is -2.57. The number of methoxy groups -OCH3 is 1. The number of ether oxygens (including phenoxy) is 3. The number of likely N-dealkylation sites (tertiary alicyclic amines) is 1. The fourth-order valence-electron chi connectivity index (χ4n) is 6.77. The summed E-state index contributed by atoms with van der Waals surface area (Å²) in [6, 6.07) is 12.4. The van der Waals surface area contributed by atoms with Gasteiger partial charge in [-0.3, -0.25) is 14.4 Å². The number of aliphatic hydroxyl groups excluding tert-OH is 1. The van der Waals surface area contributed by atoms with Crippen LogP contribution in [0.3, 0.4) is 0 Å². The highest BCUT2D eigenvalue weighted by molar-refractivity contribution is 6.05. The number of rotatable bonds is 11. The Morgan fingerprint density at radius 1 is 1.05 bits per heavy atom. The normalized spacial score (nSPS) is 27.7. The molecular formula is C31H39N3O7. The van der Waals surface area contributed by atoms with E-state index >= 15 is 0 Å². The number of nitrogens with one attached hydrogen (secondary N) is 2. The number of carbonyl (C=O) groups excluding carboxylic acids is 3. The van der Waals surface area contributed by atoms with Crippen LogP contribution in [0, 0.1) is 17.8 Å². The largest absolute Gasteiger partial charge is 0.497 e.